The van der Waals surface area contributed by atoms with E-state index in [1.807, 2.05) is 6.92 Å². The van der Waals surface area contributed by atoms with Gasteiger partial charge in [-0.3, -0.25) is 10.1 Å². The zero-order valence-corrected chi connectivity index (χ0v) is 12.0. The van der Waals surface area contributed by atoms with Gasteiger partial charge in [-0.2, -0.15) is 4.80 Å². The van der Waals surface area contributed by atoms with Gasteiger partial charge in [0, 0.05) is 5.56 Å². The third-order valence-corrected chi connectivity index (χ3v) is 2.85. The maximum atomic E-state index is 12.0. The molecule has 0 aliphatic carbocycles. The number of nitrogens with one attached hydrogen (secondary N) is 1. The van der Waals surface area contributed by atoms with Gasteiger partial charge in [-0.1, -0.05) is 5.10 Å². The highest BCUT2D eigenvalue weighted by Gasteiger charge is 2.11. The van der Waals surface area contributed by atoms with Crippen molar-refractivity contribution in [2.24, 2.45) is 7.05 Å². The average molecular weight is 326 g/mol. The van der Waals surface area contributed by atoms with Crippen molar-refractivity contribution in [3.05, 3.63) is 28.2 Å². The molecule has 0 bridgehead atoms. The zero-order valence-electron chi connectivity index (χ0n) is 10.4. The number of benzene rings is 1. The Balaban J connectivity index is 2.13. The Morgan fingerprint density at radius 1 is 1.53 bits per heavy atom. The van der Waals surface area contributed by atoms with Gasteiger partial charge in [0.2, 0.25) is 0 Å². The summed E-state index contributed by atoms with van der Waals surface area (Å²) < 4.78 is 6.09. The maximum absolute atomic E-state index is 12.0. The van der Waals surface area contributed by atoms with Gasteiger partial charge in [0.05, 0.1) is 18.1 Å². The van der Waals surface area contributed by atoms with E-state index < -0.39 is 0 Å². The Morgan fingerprint density at radius 2 is 2.32 bits per heavy atom. The number of aromatic nitrogens is 4. The van der Waals surface area contributed by atoms with Crippen molar-refractivity contribution >= 4 is 27.8 Å². The van der Waals surface area contributed by atoms with Gasteiger partial charge in [-0.15, -0.1) is 5.10 Å². The third kappa shape index (κ3) is 3.28. The number of nitrogens with zero attached hydrogens (tertiary/aromatic N) is 4. The second-order valence-corrected chi connectivity index (χ2v) is 4.49. The van der Waals surface area contributed by atoms with E-state index in [2.05, 4.69) is 36.7 Å². The van der Waals surface area contributed by atoms with Crippen LogP contribution in [0.4, 0.5) is 5.95 Å². The van der Waals surface area contributed by atoms with Crippen LogP contribution in [0.25, 0.3) is 0 Å². The molecule has 1 aromatic carbocycles. The second kappa shape index (κ2) is 5.79. The first-order valence-electron chi connectivity index (χ1n) is 5.58. The highest BCUT2D eigenvalue weighted by Crippen LogP contribution is 2.26. The number of ether oxygens (including phenoxy) is 1. The maximum Gasteiger partial charge on any atom is 0.270 e. The molecule has 0 aliphatic rings. The van der Waals surface area contributed by atoms with E-state index in [9.17, 15) is 4.79 Å². The van der Waals surface area contributed by atoms with Crippen LogP contribution in [0, 0.1) is 0 Å². The van der Waals surface area contributed by atoms with Crippen LogP contribution in [0.1, 0.15) is 17.3 Å². The van der Waals surface area contributed by atoms with E-state index in [0.29, 0.717) is 22.4 Å². The van der Waals surface area contributed by atoms with Gasteiger partial charge in [-0.25, -0.2) is 0 Å². The van der Waals surface area contributed by atoms with E-state index in [1.54, 1.807) is 25.2 Å². The molecular formula is C11H12BrN5O2. The number of hydrogen-bond donors (Lipinski definition) is 1. The lowest BCUT2D eigenvalue weighted by molar-refractivity contribution is 0.102. The lowest BCUT2D eigenvalue weighted by Crippen LogP contribution is -2.13. The molecule has 0 spiro atoms. The SMILES string of the molecule is CCOc1ccc(C(=O)Nc2nnn(C)n2)cc1Br. The van der Waals surface area contributed by atoms with Crippen molar-refractivity contribution in [1.29, 1.82) is 0 Å². The molecule has 0 atom stereocenters. The van der Waals surface area contributed by atoms with E-state index in [-0.39, 0.29) is 11.9 Å². The quantitative estimate of drug-likeness (QED) is 0.923. The minimum absolute atomic E-state index is 0.164. The molecule has 1 amide bonds. The molecule has 0 radical (unpaired) electrons. The standard InChI is InChI=1S/C11H12BrN5O2/c1-3-19-9-5-4-7(6-8(9)12)10(18)13-11-14-16-17(2)15-11/h4-6H,3H2,1-2H3,(H,13,15,18). The fraction of sp³-hybridized carbons (Fsp3) is 0.273. The molecule has 1 heterocycles. The number of carbonyl (C=O) groups excluding carboxylic acids is 1. The monoisotopic (exact) mass is 325 g/mol. The predicted octanol–water partition coefficient (Wildman–Crippen LogP) is 1.62. The van der Waals surface area contributed by atoms with Crippen molar-refractivity contribution in [3.8, 4) is 5.75 Å². The summed E-state index contributed by atoms with van der Waals surface area (Å²) in [5, 5.41) is 13.7. The molecule has 100 valence electrons. The summed E-state index contributed by atoms with van der Waals surface area (Å²) in [5.74, 6) is 0.547. The van der Waals surface area contributed by atoms with E-state index >= 15 is 0 Å². The fourth-order valence-electron chi connectivity index (χ4n) is 1.42. The minimum Gasteiger partial charge on any atom is -0.493 e. The Morgan fingerprint density at radius 3 is 2.89 bits per heavy atom. The van der Waals surface area contributed by atoms with Gasteiger partial charge in [-0.05, 0) is 46.3 Å². The summed E-state index contributed by atoms with van der Waals surface area (Å²) in [7, 11) is 1.62. The molecule has 0 unspecified atom stereocenters. The highest BCUT2D eigenvalue weighted by molar-refractivity contribution is 9.10. The number of amides is 1. The third-order valence-electron chi connectivity index (χ3n) is 2.23. The Bertz CT molecular complexity index is 599. The van der Waals surface area contributed by atoms with Crippen molar-refractivity contribution < 1.29 is 9.53 Å². The van der Waals surface area contributed by atoms with Crippen LogP contribution in [0.2, 0.25) is 0 Å². The van der Waals surface area contributed by atoms with Gasteiger partial charge in [0.25, 0.3) is 11.9 Å². The van der Waals surface area contributed by atoms with Crippen molar-refractivity contribution in [2.75, 3.05) is 11.9 Å². The normalized spacial score (nSPS) is 10.3. The van der Waals surface area contributed by atoms with Crippen molar-refractivity contribution in [1.82, 2.24) is 20.2 Å². The average Bonchev–Trinajstić information content (AvgIpc) is 2.77. The van der Waals surface area contributed by atoms with Crippen LogP contribution in [0.3, 0.4) is 0 Å². The second-order valence-electron chi connectivity index (χ2n) is 3.63. The first-order chi connectivity index (χ1) is 9.10. The van der Waals surface area contributed by atoms with Crippen LogP contribution in [-0.2, 0) is 7.05 Å². The molecule has 0 saturated heterocycles. The summed E-state index contributed by atoms with van der Waals surface area (Å²) in [6.07, 6.45) is 0. The molecule has 2 aromatic rings. The number of aryl methyl sites for hydroxylation is 1. The smallest absolute Gasteiger partial charge is 0.270 e. The highest BCUT2D eigenvalue weighted by atomic mass is 79.9. The van der Waals surface area contributed by atoms with Crippen LogP contribution in [-0.4, -0.2) is 32.7 Å². The van der Waals surface area contributed by atoms with Gasteiger partial charge < -0.3 is 4.74 Å². The largest absolute Gasteiger partial charge is 0.493 e. The van der Waals surface area contributed by atoms with Gasteiger partial charge in [0.1, 0.15) is 5.75 Å². The topological polar surface area (TPSA) is 81.9 Å². The van der Waals surface area contributed by atoms with Crippen LogP contribution >= 0.6 is 15.9 Å². The zero-order chi connectivity index (χ0) is 13.8. The Labute approximate surface area is 118 Å². The molecule has 7 nitrogen and oxygen atoms in total. The Kier molecular flexibility index (Phi) is 4.10. The van der Waals surface area contributed by atoms with Crippen LogP contribution in [0.5, 0.6) is 5.75 Å². The van der Waals surface area contributed by atoms with Gasteiger partial charge >= 0.3 is 0 Å². The first kappa shape index (κ1) is 13.5. The van der Waals surface area contributed by atoms with Crippen molar-refractivity contribution in [2.45, 2.75) is 6.92 Å². The first-order valence-corrected chi connectivity index (χ1v) is 6.37. The molecule has 0 aliphatic heterocycles. The summed E-state index contributed by atoms with van der Waals surface area (Å²) >= 11 is 3.35. The number of tetrazole rings is 1. The molecule has 2 rings (SSSR count). The number of rotatable bonds is 4. The van der Waals surface area contributed by atoms with Gasteiger partial charge in [0.15, 0.2) is 0 Å². The Hall–Kier alpha value is -1.96. The fourth-order valence-corrected chi connectivity index (χ4v) is 1.92. The number of hydrogen-bond acceptors (Lipinski definition) is 5. The van der Waals surface area contributed by atoms with E-state index in [0.717, 1.165) is 0 Å². The number of halogens is 1. The molecule has 19 heavy (non-hydrogen) atoms. The molecule has 1 N–H and O–H groups in total. The summed E-state index contributed by atoms with van der Waals surface area (Å²) in [6, 6.07) is 5.07. The van der Waals surface area contributed by atoms with Crippen LogP contribution < -0.4 is 10.1 Å². The molecule has 0 fully saturated rings. The molecule has 8 heteroatoms. The summed E-state index contributed by atoms with van der Waals surface area (Å²) in [5.41, 5.74) is 0.475. The number of carbonyl (C=O) groups is 1. The molecule has 0 saturated carbocycles. The van der Waals surface area contributed by atoms with E-state index in [1.165, 1.54) is 4.80 Å². The molecule has 1 aromatic heterocycles. The lowest BCUT2D eigenvalue weighted by Gasteiger charge is -2.07. The van der Waals surface area contributed by atoms with Crippen molar-refractivity contribution in [3.63, 3.8) is 0 Å². The predicted molar refractivity (Wildman–Crippen MR) is 72.1 cm³/mol. The lowest BCUT2D eigenvalue weighted by atomic mass is 10.2. The minimum atomic E-state index is -0.309. The van der Waals surface area contributed by atoms with Crippen LogP contribution in [0.15, 0.2) is 22.7 Å². The van der Waals surface area contributed by atoms with E-state index in [4.69, 9.17) is 4.74 Å². The summed E-state index contributed by atoms with van der Waals surface area (Å²) in [6.45, 7) is 2.46. The molecular weight excluding hydrogens is 314 g/mol. The summed E-state index contributed by atoms with van der Waals surface area (Å²) in [4.78, 5) is 13.2. The number of anilines is 1.